The molecule has 26 heavy (non-hydrogen) atoms. The Morgan fingerprint density at radius 1 is 0.692 bits per heavy atom. The molecule has 0 aliphatic carbocycles. The first-order chi connectivity index (χ1) is 12.5. The van der Waals surface area contributed by atoms with E-state index in [1.54, 1.807) is 0 Å². The summed E-state index contributed by atoms with van der Waals surface area (Å²) >= 11 is 0. The van der Waals surface area contributed by atoms with Crippen LogP contribution in [0.3, 0.4) is 0 Å². The van der Waals surface area contributed by atoms with Crippen molar-refractivity contribution in [2.75, 3.05) is 0 Å². The third-order valence-corrected chi connectivity index (χ3v) is 5.04. The van der Waals surface area contributed by atoms with Gasteiger partial charge in [0.15, 0.2) is 0 Å². The van der Waals surface area contributed by atoms with Crippen molar-refractivity contribution in [2.24, 2.45) is 0 Å². The normalized spacial score (nSPS) is 21.5. The average Bonchev–Trinajstić information content (AvgIpc) is 2.64. The smallest absolute Gasteiger partial charge is 0.225 e. The van der Waals surface area contributed by atoms with Gasteiger partial charge >= 0.3 is 0 Å². The topological polar surface area (TPSA) is 40.6 Å². The van der Waals surface area contributed by atoms with Crippen LogP contribution in [0, 0.1) is 0 Å². The molecule has 1 fully saturated rings. The van der Waals surface area contributed by atoms with Crippen LogP contribution in [0.2, 0.25) is 0 Å². The van der Waals surface area contributed by atoms with Crippen LogP contribution in [0.15, 0.2) is 60.7 Å². The zero-order valence-electron chi connectivity index (χ0n) is 15.5. The number of amides is 2. The van der Waals surface area contributed by atoms with E-state index in [1.165, 1.54) is 0 Å². The van der Waals surface area contributed by atoms with Crippen LogP contribution in [0.4, 0.5) is 0 Å². The number of benzene rings is 2. The van der Waals surface area contributed by atoms with E-state index in [2.05, 4.69) is 0 Å². The lowest BCUT2D eigenvalue weighted by Gasteiger charge is -2.38. The molecule has 1 aliphatic heterocycles. The van der Waals surface area contributed by atoms with Crippen LogP contribution in [0.25, 0.3) is 0 Å². The Kier molecular flexibility index (Phi) is 5.71. The summed E-state index contributed by atoms with van der Waals surface area (Å²) in [5.74, 6) is 0.221. The van der Waals surface area contributed by atoms with Crippen LogP contribution in [0.5, 0.6) is 0 Å². The van der Waals surface area contributed by atoms with Crippen molar-refractivity contribution >= 4 is 11.8 Å². The van der Waals surface area contributed by atoms with E-state index in [0.717, 1.165) is 11.1 Å². The van der Waals surface area contributed by atoms with Gasteiger partial charge in [-0.15, -0.1) is 0 Å². The second-order valence-corrected chi connectivity index (χ2v) is 7.12. The molecule has 2 unspecified atom stereocenters. The highest BCUT2D eigenvalue weighted by Gasteiger charge is 2.32. The third kappa shape index (κ3) is 4.31. The maximum Gasteiger partial charge on any atom is 0.225 e. The molecule has 2 aromatic carbocycles. The van der Waals surface area contributed by atoms with Crippen molar-refractivity contribution in [3.05, 3.63) is 71.8 Å². The minimum atomic E-state index is -0.110. The first kappa shape index (κ1) is 18.2. The molecule has 1 saturated heterocycles. The molecule has 1 aliphatic rings. The van der Waals surface area contributed by atoms with Gasteiger partial charge in [0, 0.05) is 38.0 Å². The average molecular weight is 350 g/mol. The van der Waals surface area contributed by atoms with Crippen LogP contribution in [-0.2, 0) is 22.7 Å². The Balaban J connectivity index is 1.75. The minimum Gasteiger partial charge on any atom is -0.335 e. The van der Waals surface area contributed by atoms with Crippen molar-refractivity contribution in [3.8, 4) is 0 Å². The quantitative estimate of drug-likeness (QED) is 0.845. The van der Waals surface area contributed by atoms with Gasteiger partial charge in [-0.05, 0) is 25.0 Å². The molecular formula is C22H26N2O2. The number of nitrogens with zero attached hydrogens (tertiary/aromatic N) is 2. The molecule has 0 aromatic heterocycles. The zero-order chi connectivity index (χ0) is 18.5. The van der Waals surface area contributed by atoms with Gasteiger partial charge < -0.3 is 9.80 Å². The molecule has 2 aromatic rings. The first-order valence-electron chi connectivity index (χ1n) is 9.21. The van der Waals surface area contributed by atoms with Crippen molar-refractivity contribution in [1.82, 2.24) is 9.80 Å². The fourth-order valence-corrected chi connectivity index (χ4v) is 3.50. The van der Waals surface area contributed by atoms with E-state index in [0.29, 0.717) is 25.9 Å². The van der Waals surface area contributed by atoms with Gasteiger partial charge in [-0.3, -0.25) is 9.59 Å². The number of hydrogen-bond donors (Lipinski definition) is 0. The standard InChI is InChI=1S/C22H26N2O2/c1-17-13-21(25)24(16-20-11-7-4-8-12-20)18(2)14-22(26)23(17)15-19-9-5-3-6-10-19/h3-12,17-18H,13-16H2,1-2H3. The predicted octanol–water partition coefficient (Wildman–Crippen LogP) is 3.61. The Morgan fingerprint density at radius 2 is 1.04 bits per heavy atom. The van der Waals surface area contributed by atoms with Gasteiger partial charge in [0.2, 0.25) is 11.8 Å². The largest absolute Gasteiger partial charge is 0.335 e. The highest BCUT2D eigenvalue weighted by Crippen LogP contribution is 2.21. The molecule has 3 rings (SSSR count). The molecule has 2 atom stereocenters. The number of rotatable bonds is 4. The molecule has 0 bridgehead atoms. The highest BCUT2D eigenvalue weighted by atomic mass is 16.2. The van der Waals surface area contributed by atoms with Crippen LogP contribution >= 0.6 is 0 Å². The summed E-state index contributed by atoms with van der Waals surface area (Å²) in [5, 5.41) is 0. The third-order valence-electron chi connectivity index (χ3n) is 5.04. The maximum absolute atomic E-state index is 12.9. The Labute approximate surface area is 155 Å². The number of hydrogen-bond acceptors (Lipinski definition) is 2. The van der Waals surface area contributed by atoms with Crippen molar-refractivity contribution in [2.45, 2.75) is 51.9 Å². The molecule has 0 N–H and O–H groups in total. The maximum atomic E-state index is 12.9. The second kappa shape index (κ2) is 8.17. The first-order valence-corrected chi connectivity index (χ1v) is 9.21. The minimum absolute atomic E-state index is 0.110. The summed E-state index contributed by atoms with van der Waals surface area (Å²) in [6, 6.07) is 19.7. The lowest BCUT2D eigenvalue weighted by molar-refractivity contribution is -0.145. The van der Waals surface area contributed by atoms with E-state index in [4.69, 9.17) is 0 Å². The Hall–Kier alpha value is -2.62. The fraction of sp³-hybridized carbons (Fsp3) is 0.364. The summed E-state index contributed by atoms with van der Waals surface area (Å²) in [7, 11) is 0. The molecule has 0 saturated carbocycles. The van der Waals surface area contributed by atoms with Gasteiger partial charge in [0.05, 0.1) is 0 Å². The Morgan fingerprint density at radius 3 is 1.38 bits per heavy atom. The summed E-state index contributed by atoms with van der Waals surface area (Å²) in [6.45, 7) is 5.05. The lowest BCUT2D eigenvalue weighted by atomic mass is 10.0. The molecule has 1 heterocycles. The number of carbonyl (C=O) groups is 2. The molecule has 0 spiro atoms. The summed E-state index contributed by atoms with van der Waals surface area (Å²) in [6.07, 6.45) is 0.714. The van der Waals surface area contributed by atoms with E-state index in [9.17, 15) is 9.59 Å². The molecule has 2 amide bonds. The van der Waals surface area contributed by atoms with Gasteiger partial charge in [0.25, 0.3) is 0 Å². The summed E-state index contributed by atoms with van der Waals surface area (Å²) in [4.78, 5) is 29.5. The van der Waals surface area contributed by atoms with Gasteiger partial charge in [0.1, 0.15) is 0 Å². The summed E-state index contributed by atoms with van der Waals surface area (Å²) in [5.41, 5.74) is 2.18. The monoisotopic (exact) mass is 350 g/mol. The van der Waals surface area contributed by atoms with Crippen LogP contribution in [0.1, 0.15) is 37.8 Å². The van der Waals surface area contributed by atoms with E-state index < -0.39 is 0 Å². The SMILES string of the molecule is CC1CC(=O)N(Cc2ccccc2)C(C)CC(=O)N1Cc1ccccc1. The van der Waals surface area contributed by atoms with Gasteiger partial charge in [-0.25, -0.2) is 0 Å². The Bertz CT molecular complexity index is 680. The highest BCUT2D eigenvalue weighted by molar-refractivity contribution is 5.83. The van der Waals surface area contributed by atoms with E-state index in [-0.39, 0.29) is 23.9 Å². The van der Waals surface area contributed by atoms with Crippen LogP contribution in [-0.4, -0.2) is 33.7 Å². The molecular weight excluding hydrogens is 324 g/mol. The lowest BCUT2D eigenvalue weighted by Crippen LogP contribution is -2.49. The van der Waals surface area contributed by atoms with E-state index in [1.807, 2.05) is 84.3 Å². The molecule has 0 radical (unpaired) electrons. The van der Waals surface area contributed by atoms with Gasteiger partial charge in [-0.2, -0.15) is 0 Å². The second-order valence-electron chi connectivity index (χ2n) is 7.12. The van der Waals surface area contributed by atoms with Crippen LogP contribution < -0.4 is 0 Å². The molecule has 4 heteroatoms. The van der Waals surface area contributed by atoms with E-state index >= 15 is 0 Å². The molecule has 136 valence electrons. The number of carbonyl (C=O) groups excluding carboxylic acids is 2. The van der Waals surface area contributed by atoms with Gasteiger partial charge in [-0.1, -0.05) is 60.7 Å². The van der Waals surface area contributed by atoms with Crippen molar-refractivity contribution in [3.63, 3.8) is 0 Å². The van der Waals surface area contributed by atoms with Crippen molar-refractivity contribution < 1.29 is 9.59 Å². The fourth-order valence-electron chi connectivity index (χ4n) is 3.50. The zero-order valence-corrected chi connectivity index (χ0v) is 15.5. The van der Waals surface area contributed by atoms with Crippen molar-refractivity contribution in [1.29, 1.82) is 0 Å². The molecule has 4 nitrogen and oxygen atoms in total. The summed E-state index contributed by atoms with van der Waals surface area (Å²) < 4.78 is 0. The predicted molar refractivity (Wildman–Crippen MR) is 102 cm³/mol.